The molecule has 0 saturated carbocycles. The molecule has 0 amide bonds. The maximum Gasteiger partial charge on any atom is 0.0786 e. The summed E-state index contributed by atoms with van der Waals surface area (Å²) in [4.78, 5) is 9.56. The molecule has 0 N–H and O–H groups in total. The number of nitrogens with zero attached hydrogens (tertiary/aromatic N) is 2. The number of hydrogen-bond donors (Lipinski definition) is 0. The van der Waals surface area contributed by atoms with Crippen molar-refractivity contribution >= 4 is 10.8 Å². The zero-order valence-electron chi connectivity index (χ0n) is 22.8. The Labute approximate surface area is 240 Å². The third-order valence-electron chi connectivity index (χ3n) is 7.66. The van der Waals surface area contributed by atoms with Crippen LogP contribution in [0.1, 0.15) is 5.56 Å². The fourth-order valence-corrected chi connectivity index (χ4v) is 5.72. The Balaban J connectivity index is 1.52. The van der Waals surface area contributed by atoms with Crippen LogP contribution in [0.25, 0.3) is 66.7 Å². The second-order valence-corrected chi connectivity index (χ2v) is 10.3. The van der Waals surface area contributed by atoms with Crippen LogP contribution in [0.2, 0.25) is 0 Å². The highest BCUT2D eigenvalue weighted by molar-refractivity contribution is 6.12. The van der Waals surface area contributed by atoms with Crippen LogP contribution >= 0.6 is 0 Å². The van der Waals surface area contributed by atoms with Crippen molar-refractivity contribution in [1.29, 1.82) is 0 Å². The summed E-state index contributed by atoms with van der Waals surface area (Å²) in [6.07, 6.45) is 3.79. The van der Waals surface area contributed by atoms with E-state index in [0.29, 0.717) is 0 Å². The van der Waals surface area contributed by atoms with E-state index in [-0.39, 0.29) is 0 Å². The SMILES string of the molecule is Cc1ccc(-c2ccc(-c3cccc(-c4ccccn4)c3)c3c(-c4ccccc4)nccc23)c(-c2ccccc2)c1. The molecule has 41 heavy (non-hydrogen) atoms. The van der Waals surface area contributed by atoms with Crippen molar-refractivity contribution in [3.8, 4) is 55.9 Å². The molecule has 0 spiro atoms. The summed E-state index contributed by atoms with van der Waals surface area (Å²) in [6.45, 7) is 2.16. The summed E-state index contributed by atoms with van der Waals surface area (Å²) < 4.78 is 0. The van der Waals surface area contributed by atoms with E-state index in [1.807, 2.05) is 24.5 Å². The molecule has 7 rings (SSSR count). The molecule has 7 aromatic rings. The Morgan fingerprint density at radius 3 is 1.88 bits per heavy atom. The molecule has 0 radical (unpaired) electrons. The van der Waals surface area contributed by atoms with Gasteiger partial charge >= 0.3 is 0 Å². The van der Waals surface area contributed by atoms with Gasteiger partial charge in [-0.05, 0) is 70.0 Å². The predicted molar refractivity (Wildman–Crippen MR) is 171 cm³/mol. The summed E-state index contributed by atoms with van der Waals surface area (Å²) in [5.41, 5.74) is 12.5. The largest absolute Gasteiger partial charge is 0.256 e. The lowest BCUT2D eigenvalue weighted by Crippen LogP contribution is -1.94. The zero-order valence-corrected chi connectivity index (χ0v) is 22.8. The lowest BCUT2D eigenvalue weighted by atomic mass is 9.86. The van der Waals surface area contributed by atoms with Crippen molar-refractivity contribution in [2.24, 2.45) is 0 Å². The van der Waals surface area contributed by atoms with E-state index in [4.69, 9.17) is 4.98 Å². The summed E-state index contributed by atoms with van der Waals surface area (Å²) in [5, 5.41) is 2.33. The second-order valence-electron chi connectivity index (χ2n) is 10.3. The molecular weight excluding hydrogens is 496 g/mol. The zero-order chi connectivity index (χ0) is 27.6. The molecule has 0 saturated heterocycles. The first-order chi connectivity index (χ1) is 20.3. The molecule has 0 bridgehead atoms. The number of hydrogen-bond acceptors (Lipinski definition) is 2. The maximum atomic E-state index is 4.96. The van der Waals surface area contributed by atoms with Crippen LogP contribution in [0, 0.1) is 6.92 Å². The predicted octanol–water partition coefficient (Wildman–Crippen LogP) is 10.3. The molecule has 0 unspecified atom stereocenters. The van der Waals surface area contributed by atoms with E-state index >= 15 is 0 Å². The first-order valence-electron chi connectivity index (χ1n) is 13.9. The third kappa shape index (κ3) is 4.70. The second kappa shape index (κ2) is 10.7. The van der Waals surface area contributed by atoms with Gasteiger partial charge in [-0.1, -0.05) is 121 Å². The van der Waals surface area contributed by atoms with E-state index in [2.05, 4.69) is 139 Å². The fourth-order valence-electron chi connectivity index (χ4n) is 5.72. The molecule has 0 fully saturated rings. The first-order valence-corrected chi connectivity index (χ1v) is 13.9. The average Bonchev–Trinajstić information content (AvgIpc) is 3.05. The van der Waals surface area contributed by atoms with Crippen molar-refractivity contribution in [3.05, 3.63) is 157 Å². The molecule has 194 valence electrons. The minimum absolute atomic E-state index is 0.962. The monoisotopic (exact) mass is 524 g/mol. The van der Waals surface area contributed by atoms with Gasteiger partial charge < -0.3 is 0 Å². The number of rotatable bonds is 5. The molecule has 0 aliphatic rings. The van der Waals surface area contributed by atoms with Crippen LogP contribution in [0.4, 0.5) is 0 Å². The molecule has 2 aromatic heterocycles. The smallest absolute Gasteiger partial charge is 0.0786 e. The number of aromatic nitrogens is 2. The van der Waals surface area contributed by atoms with Crippen LogP contribution < -0.4 is 0 Å². The third-order valence-corrected chi connectivity index (χ3v) is 7.66. The van der Waals surface area contributed by atoms with Gasteiger partial charge in [-0.3, -0.25) is 9.97 Å². The Morgan fingerprint density at radius 1 is 0.415 bits per heavy atom. The quantitative estimate of drug-likeness (QED) is 0.224. The molecule has 0 aliphatic carbocycles. The van der Waals surface area contributed by atoms with Gasteiger partial charge in [-0.2, -0.15) is 0 Å². The first kappa shape index (κ1) is 24.7. The standard InChI is InChI=1S/C39H28N2/c1-27-18-19-34(36(25-27)28-11-4-2-5-12-28)33-21-20-32(30-15-10-16-31(26-30)37-17-8-9-23-40-37)38-35(33)22-24-41-39(38)29-13-6-3-7-14-29/h2-26H,1H3. The molecule has 0 atom stereocenters. The van der Waals surface area contributed by atoms with Crippen molar-refractivity contribution < 1.29 is 0 Å². The van der Waals surface area contributed by atoms with Crippen LogP contribution in [0.15, 0.2) is 152 Å². The highest BCUT2D eigenvalue weighted by atomic mass is 14.7. The summed E-state index contributed by atoms with van der Waals surface area (Å²) in [7, 11) is 0. The van der Waals surface area contributed by atoms with Crippen molar-refractivity contribution in [2.45, 2.75) is 6.92 Å². The Morgan fingerprint density at radius 2 is 1.10 bits per heavy atom. The Bertz CT molecular complexity index is 1980. The summed E-state index contributed by atoms with van der Waals surface area (Å²) in [6, 6.07) is 49.3. The van der Waals surface area contributed by atoms with E-state index < -0.39 is 0 Å². The lowest BCUT2D eigenvalue weighted by molar-refractivity contribution is 1.33. The van der Waals surface area contributed by atoms with Crippen molar-refractivity contribution in [3.63, 3.8) is 0 Å². The Kier molecular flexibility index (Phi) is 6.42. The molecule has 2 heterocycles. The number of fused-ring (bicyclic) bond motifs is 1. The number of benzene rings is 5. The maximum absolute atomic E-state index is 4.96. The molecule has 5 aromatic carbocycles. The summed E-state index contributed by atoms with van der Waals surface area (Å²) >= 11 is 0. The minimum atomic E-state index is 0.962. The van der Waals surface area contributed by atoms with Gasteiger partial charge in [0.05, 0.1) is 11.4 Å². The van der Waals surface area contributed by atoms with Gasteiger partial charge in [-0.15, -0.1) is 0 Å². The van der Waals surface area contributed by atoms with Gasteiger partial charge in [0, 0.05) is 28.9 Å². The van der Waals surface area contributed by atoms with Crippen LogP contribution in [-0.2, 0) is 0 Å². The topological polar surface area (TPSA) is 25.8 Å². The average molecular weight is 525 g/mol. The normalized spacial score (nSPS) is 11.0. The van der Waals surface area contributed by atoms with Gasteiger partial charge in [0.25, 0.3) is 0 Å². The van der Waals surface area contributed by atoms with Crippen LogP contribution in [0.5, 0.6) is 0 Å². The Hall–Kier alpha value is -5.34. The van der Waals surface area contributed by atoms with Crippen molar-refractivity contribution in [1.82, 2.24) is 9.97 Å². The highest BCUT2D eigenvalue weighted by Crippen LogP contribution is 2.43. The lowest BCUT2D eigenvalue weighted by Gasteiger charge is -2.18. The van der Waals surface area contributed by atoms with Gasteiger partial charge in [0.1, 0.15) is 0 Å². The van der Waals surface area contributed by atoms with Gasteiger partial charge in [0.2, 0.25) is 0 Å². The van der Waals surface area contributed by atoms with Gasteiger partial charge in [-0.25, -0.2) is 0 Å². The van der Waals surface area contributed by atoms with E-state index in [0.717, 1.165) is 39.0 Å². The van der Waals surface area contributed by atoms with Crippen LogP contribution in [0.3, 0.4) is 0 Å². The van der Waals surface area contributed by atoms with Gasteiger partial charge in [0.15, 0.2) is 0 Å². The van der Waals surface area contributed by atoms with Crippen molar-refractivity contribution in [2.75, 3.05) is 0 Å². The fraction of sp³-hybridized carbons (Fsp3) is 0.0256. The van der Waals surface area contributed by atoms with E-state index in [1.165, 1.54) is 33.2 Å². The highest BCUT2D eigenvalue weighted by Gasteiger charge is 2.18. The molecule has 2 nitrogen and oxygen atoms in total. The van der Waals surface area contributed by atoms with Crippen LogP contribution in [-0.4, -0.2) is 9.97 Å². The molecule has 0 aliphatic heterocycles. The van der Waals surface area contributed by atoms with E-state index in [1.54, 1.807) is 0 Å². The summed E-state index contributed by atoms with van der Waals surface area (Å²) in [5.74, 6) is 0. The number of pyridine rings is 2. The molecular formula is C39H28N2. The number of aryl methyl sites for hydroxylation is 1. The van der Waals surface area contributed by atoms with E-state index in [9.17, 15) is 0 Å². The molecule has 2 heteroatoms. The minimum Gasteiger partial charge on any atom is -0.256 e.